The molecule has 0 saturated heterocycles. The van der Waals surface area contributed by atoms with Gasteiger partial charge in [-0.2, -0.15) is 33.7 Å². The van der Waals surface area contributed by atoms with Gasteiger partial charge in [0.1, 0.15) is 33.1 Å². The first-order chi connectivity index (χ1) is 42.1. The quantitative estimate of drug-likeness (QED) is 0.0223. The van der Waals surface area contributed by atoms with E-state index in [4.69, 9.17) is 9.47 Å². The smallest absolute Gasteiger partial charge is 0.298 e. The molecule has 0 radical (unpaired) electrons. The molecule has 1 atom stereocenters. The molecular formula is C67H68O16S7. The summed E-state index contributed by atoms with van der Waals surface area (Å²) in [6, 6.07) is 44.1. The van der Waals surface area contributed by atoms with Crippen LogP contribution in [0.2, 0.25) is 0 Å². The molecule has 8 aromatic rings. The van der Waals surface area contributed by atoms with Crippen LogP contribution in [0, 0.1) is 0 Å². The molecule has 474 valence electrons. The van der Waals surface area contributed by atoms with Crippen LogP contribution in [0.4, 0.5) is 0 Å². The van der Waals surface area contributed by atoms with Crippen LogP contribution >= 0.6 is 35.3 Å². The topological polar surface area (TPSA) is 270 Å². The van der Waals surface area contributed by atoms with Crippen molar-refractivity contribution < 1.29 is 70.9 Å². The summed E-state index contributed by atoms with van der Waals surface area (Å²) in [4.78, 5) is 29.5. The Morgan fingerprint density at radius 3 is 1.27 bits per heavy atom. The number of benzene rings is 8. The van der Waals surface area contributed by atoms with E-state index >= 15 is 0 Å². The van der Waals surface area contributed by atoms with Crippen LogP contribution in [0.5, 0.6) is 17.2 Å². The van der Waals surface area contributed by atoms with Gasteiger partial charge in [-0.05, 0) is 182 Å². The first-order valence-corrected chi connectivity index (χ1v) is 36.7. The van der Waals surface area contributed by atoms with Crippen molar-refractivity contribution in [2.75, 3.05) is 0 Å². The molecular weight excluding hydrogens is 1290 g/mol. The summed E-state index contributed by atoms with van der Waals surface area (Å²) in [5, 5.41) is 0. The van der Waals surface area contributed by atoms with Crippen LogP contribution in [0.25, 0.3) is 11.1 Å². The third-order valence-corrected chi connectivity index (χ3v) is 23.3. The Balaban J connectivity index is 0.957. The van der Waals surface area contributed by atoms with Crippen LogP contribution in [0.15, 0.2) is 214 Å². The van der Waals surface area contributed by atoms with Gasteiger partial charge in [-0.15, -0.1) is 11.8 Å². The molecule has 0 amide bonds. The number of carbonyl (C=O) groups is 2. The molecule has 0 aliphatic heterocycles. The molecule has 8 aromatic carbocycles. The molecule has 0 spiro atoms. The van der Waals surface area contributed by atoms with Crippen LogP contribution in [0.3, 0.4) is 0 Å². The van der Waals surface area contributed by atoms with Gasteiger partial charge < -0.3 is 9.47 Å². The van der Waals surface area contributed by atoms with E-state index in [2.05, 4.69) is 45.0 Å². The van der Waals surface area contributed by atoms with Crippen LogP contribution in [0.1, 0.15) is 131 Å². The highest BCUT2D eigenvalue weighted by molar-refractivity contribution is 8.01. The maximum atomic E-state index is 14.2. The minimum atomic E-state index is -5.01. The van der Waals surface area contributed by atoms with Gasteiger partial charge in [0, 0.05) is 56.9 Å². The summed E-state index contributed by atoms with van der Waals surface area (Å²) >= 11 is 4.47. The summed E-state index contributed by atoms with van der Waals surface area (Å²) in [5.74, 6) is -1.31. The summed E-state index contributed by atoms with van der Waals surface area (Å²) in [5.41, 5.74) is -0.577. The molecule has 0 heterocycles. The van der Waals surface area contributed by atoms with Gasteiger partial charge in [0.05, 0.1) is 9.79 Å². The van der Waals surface area contributed by atoms with Crippen molar-refractivity contribution in [1.82, 2.24) is 0 Å². The zero-order valence-corrected chi connectivity index (χ0v) is 56.3. The van der Waals surface area contributed by atoms with Crippen molar-refractivity contribution in [2.24, 2.45) is 0 Å². The van der Waals surface area contributed by atoms with Gasteiger partial charge in [-0.3, -0.25) is 27.8 Å². The number of ether oxygens (including phenoxy) is 2. The lowest BCUT2D eigenvalue weighted by atomic mass is 9.71. The van der Waals surface area contributed by atoms with E-state index in [0.717, 1.165) is 57.8 Å². The highest BCUT2D eigenvalue weighted by Crippen LogP contribution is 2.44. The SMILES string of the molecule is CCC(C)(C)Sc1ccc(Sc2ccc(Sc3ccc(C(=O)c4ccc(C(CC)(CC)C(C)Oc5ccc(-c6ccc(Oc7ccc(C(=O)c8ccc(C(C)(C)CC)c(S(=O)(=O)O)c8)cc7S(=O)(=O)O)cc6)cc5)c(S(=O)(=O)O)c4)cc3S(=O)(=O)O)cc2)cc1. The van der Waals surface area contributed by atoms with E-state index in [1.807, 2.05) is 56.8 Å². The third-order valence-electron chi connectivity index (χ3n) is 16.1. The molecule has 0 fully saturated rings. The summed E-state index contributed by atoms with van der Waals surface area (Å²) in [6.07, 6.45) is 1.44. The lowest BCUT2D eigenvalue weighted by Gasteiger charge is -2.39. The first kappa shape index (κ1) is 69.3. The number of carbonyl (C=O) groups excluding carboxylic acids is 2. The lowest BCUT2D eigenvalue weighted by Crippen LogP contribution is -2.41. The summed E-state index contributed by atoms with van der Waals surface area (Å²) < 4.78 is 156. The van der Waals surface area contributed by atoms with Crippen LogP contribution < -0.4 is 9.47 Å². The van der Waals surface area contributed by atoms with Gasteiger partial charge >= 0.3 is 0 Å². The average Bonchev–Trinajstić information content (AvgIpc) is 0.869. The standard InChI is InChI=1S/C67H68O16S7/c1-10-65(6,7)55-34-18-45(38-59(55)87(70,71)72)63(68)47-20-36-57(61(40-47)89(76,77)78)83-50-24-16-44(17-25-50)43-14-22-49(23-15-43)82-42(5)67(12-3,13-4)56-35-19-46(39-60(56)88(73,74)75)64(69)48-21-37-58(62(41-48)90(79,80)81)85-53-28-26-51(27-29-53)84-52-30-32-54(33-31-52)86-66(8,9)11-2/h14-42H,10-13H2,1-9H3,(H,70,71,72)(H,73,74,75)(H,76,77,78)(H,79,80,81). The molecule has 0 aliphatic rings. The minimum absolute atomic E-state index is 0.121. The minimum Gasteiger partial charge on any atom is -0.490 e. The second-order valence-corrected chi connectivity index (χ2v) is 32.3. The summed E-state index contributed by atoms with van der Waals surface area (Å²) in [6.45, 7) is 17.4. The molecule has 1 unspecified atom stereocenters. The normalized spacial score (nSPS) is 13.0. The van der Waals surface area contributed by atoms with Crippen LogP contribution in [-0.2, 0) is 51.3 Å². The fourth-order valence-corrected chi connectivity index (χ4v) is 16.3. The van der Waals surface area contributed by atoms with E-state index < -0.39 is 88.6 Å². The highest BCUT2D eigenvalue weighted by atomic mass is 32.2. The molecule has 0 bridgehead atoms. The molecule has 0 saturated carbocycles. The van der Waals surface area contributed by atoms with Gasteiger partial charge in [-0.1, -0.05) is 127 Å². The van der Waals surface area contributed by atoms with Gasteiger partial charge in [0.2, 0.25) is 0 Å². The van der Waals surface area contributed by atoms with Crippen LogP contribution in [-0.4, -0.2) is 74.3 Å². The highest BCUT2D eigenvalue weighted by Gasteiger charge is 2.41. The average molecular weight is 1350 g/mol. The second-order valence-electron chi connectivity index (χ2n) is 22.7. The summed E-state index contributed by atoms with van der Waals surface area (Å²) in [7, 11) is -19.6. The largest absolute Gasteiger partial charge is 0.490 e. The predicted octanol–water partition coefficient (Wildman–Crippen LogP) is 16.4. The van der Waals surface area contributed by atoms with E-state index in [0.29, 0.717) is 35.5 Å². The first-order valence-electron chi connectivity index (χ1n) is 28.5. The Labute approximate surface area is 539 Å². The van der Waals surface area contributed by atoms with E-state index in [9.17, 15) is 61.5 Å². The maximum absolute atomic E-state index is 14.2. The van der Waals surface area contributed by atoms with Gasteiger partial charge in [-0.25, -0.2) is 0 Å². The lowest BCUT2D eigenvalue weighted by molar-refractivity contribution is 0.102. The van der Waals surface area contributed by atoms with Gasteiger partial charge in [0.15, 0.2) is 11.6 Å². The Morgan fingerprint density at radius 2 is 0.822 bits per heavy atom. The van der Waals surface area contributed by atoms with E-state index in [1.165, 1.54) is 53.4 Å². The number of thioether (sulfide) groups is 1. The third kappa shape index (κ3) is 16.2. The zero-order valence-electron chi connectivity index (χ0n) is 50.6. The maximum Gasteiger partial charge on any atom is 0.298 e. The van der Waals surface area contributed by atoms with E-state index in [-0.39, 0.29) is 54.5 Å². The van der Waals surface area contributed by atoms with Crippen molar-refractivity contribution in [3.05, 3.63) is 203 Å². The van der Waals surface area contributed by atoms with Crippen molar-refractivity contribution in [3.63, 3.8) is 0 Å². The Kier molecular flexibility index (Phi) is 21.0. The number of rotatable bonds is 26. The fraction of sp³-hybridized carbons (Fsp3) is 0.254. The number of hydrogen-bond donors (Lipinski definition) is 4. The van der Waals surface area contributed by atoms with Gasteiger partial charge in [0.25, 0.3) is 40.5 Å². The zero-order chi connectivity index (χ0) is 65.9. The Bertz CT molecular complexity index is 4470. The Hall–Kier alpha value is -6.61. The number of hydrogen-bond acceptors (Lipinski definition) is 15. The predicted molar refractivity (Wildman–Crippen MR) is 351 cm³/mol. The van der Waals surface area contributed by atoms with Crippen molar-refractivity contribution in [3.8, 4) is 28.4 Å². The monoisotopic (exact) mass is 1350 g/mol. The molecule has 90 heavy (non-hydrogen) atoms. The fourth-order valence-electron chi connectivity index (χ4n) is 10.2. The van der Waals surface area contributed by atoms with Crippen molar-refractivity contribution in [2.45, 2.75) is 154 Å². The molecule has 0 aromatic heterocycles. The molecule has 8 rings (SSSR count). The second kappa shape index (κ2) is 27.3. The molecule has 4 N–H and O–H groups in total. The van der Waals surface area contributed by atoms with E-state index in [1.54, 1.807) is 81.1 Å². The molecule has 16 nitrogen and oxygen atoms in total. The molecule has 23 heteroatoms. The number of ketones is 2. The van der Waals surface area contributed by atoms with Crippen molar-refractivity contribution in [1.29, 1.82) is 0 Å². The van der Waals surface area contributed by atoms with Crippen molar-refractivity contribution >= 4 is 87.3 Å². The Morgan fingerprint density at radius 1 is 0.433 bits per heavy atom. The molecule has 0 aliphatic carbocycles.